The number of halogens is 4. The zero-order valence-corrected chi connectivity index (χ0v) is 20.7. The molecule has 2 N–H and O–H groups in total. The number of ether oxygens (including phenoxy) is 1. The summed E-state index contributed by atoms with van der Waals surface area (Å²) in [5.74, 6) is -1.23. The summed E-state index contributed by atoms with van der Waals surface area (Å²) >= 11 is 0. The number of amides is 3. The molecule has 2 aliphatic heterocycles. The Kier molecular flexibility index (Phi) is 7.91. The molecule has 2 aromatic rings. The van der Waals surface area contributed by atoms with Crippen LogP contribution in [0.5, 0.6) is 0 Å². The number of nitrogens with zero attached hydrogens (tertiary/aromatic N) is 3. The maximum Gasteiger partial charge on any atom is 0.416 e. The Labute approximate surface area is 216 Å². The molecule has 0 unspecified atom stereocenters. The van der Waals surface area contributed by atoms with Crippen molar-refractivity contribution in [1.29, 1.82) is 0 Å². The van der Waals surface area contributed by atoms with Crippen molar-refractivity contribution in [2.24, 2.45) is 5.73 Å². The van der Waals surface area contributed by atoms with Crippen molar-refractivity contribution in [2.45, 2.75) is 51.3 Å². The molecule has 0 aromatic heterocycles. The molecule has 2 saturated heterocycles. The van der Waals surface area contributed by atoms with Gasteiger partial charge in [-0.05, 0) is 43.7 Å². The van der Waals surface area contributed by atoms with Gasteiger partial charge in [-0.15, -0.1) is 0 Å². The van der Waals surface area contributed by atoms with Crippen LogP contribution in [-0.4, -0.2) is 64.4 Å². The third-order valence-electron chi connectivity index (χ3n) is 6.67. The summed E-state index contributed by atoms with van der Waals surface area (Å²) in [6.07, 6.45) is -6.20. The van der Waals surface area contributed by atoms with Crippen LogP contribution in [0.1, 0.15) is 35.1 Å². The van der Waals surface area contributed by atoms with Gasteiger partial charge < -0.3 is 20.3 Å². The monoisotopic (exact) mass is 536 g/mol. The van der Waals surface area contributed by atoms with E-state index in [-0.39, 0.29) is 56.1 Å². The highest BCUT2D eigenvalue weighted by Crippen LogP contribution is 2.32. The van der Waals surface area contributed by atoms with Gasteiger partial charge in [0, 0.05) is 25.1 Å². The highest BCUT2D eigenvalue weighted by atomic mass is 19.4. The maximum atomic E-state index is 14.3. The molecule has 0 aliphatic carbocycles. The average molecular weight is 537 g/mol. The normalized spacial score (nSPS) is 20.0. The second kappa shape index (κ2) is 11.0. The average Bonchev–Trinajstić information content (AvgIpc) is 2.85. The van der Waals surface area contributed by atoms with E-state index in [0.29, 0.717) is 5.56 Å². The number of carbonyl (C=O) groups is 3. The molecule has 3 amide bonds. The number of nitrogens with two attached hydrogens (primary N) is 1. The molecule has 4 rings (SSSR count). The van der Waals surface area contributed by atoms with Crippen molar-refractivity contribution >= 4 is 17.9 Å². The number of hydrogen-bond donors (Lipinski definition) is 1. The Morgan fingerprint density at radius 3 is 2.58 bits per heavy atom. The van der Waals surface area contributed by atoms with Crippen LogP contribution >= 0.6 is 0 Å². The van der Waals surface area contributed by atoms with E-state index in [2.05, 4.69) is 0 Å². The van der Waals surface area contributed by atoms with Crippen LogP contribution in [0.3, 0.4) is 0 Å². The van der Waals surface area contributed by atoms with Gasteiger partial charge in [-0.2, -0.15) is 13.2 Å². The predicted octanol–water partition coefficient (Wildman–Crippen LogP) is 3.41. The van der Waals surface area contributed by atoms with Crippen molar-refractivity contribution in [3.8, 4) is 0 Å². The molecule has 38 heavy (non-hydrogen) atoms. The van der Waals surface area contributed by atoms with E-state index in [1.54, 1.807) is 12.1 Å². The minimum Gasteiger partial charge on any atom is -0.444 e. The molecule has 2 aliphatic rings. The summed E-state index contributed by atoms with van der Waals surface area (Å²) in [5.41, 5.74) is 5.67. The second-order valence-corrected chi connectivity index (χ2v) is 9.39. The molecular formula is C26H28F4N4O4. The Morgan fingerprint density at radius 1 is 1.16 bits per heavy atom. The number of fused-ring (bicyclic) bond motifs is 1. The van der Waals surface area contributed by atoms with Gasteiger partial charge in [-0.1, -0.05) is 29.8 Å². The Hall–Kier alpha value is -3.67. The van der Waals surface area contributed by atoms with E-state index in [0.717, 1.165) is 12.1 Å². The first kappa shape index (κ1) is 27.4. The highest BCUT2D eigenvalue weighted by molar-refractivity contribution is 5.90. The molecular weight excluding hydrogens is 508 g/mol. The summed E-state index contributed by atoms with van der Waals surface area (Å²) in [7, 11) is 0. The number of hydrogen-bond acceptors (Lipinski definition) is 5. The van der Waals surface area contributed by atoms with Crippen molar-refractivity contribution in [3.05, 3.63) is 70.5 Å². The van der Waals surface area contributed by atoms with Gasteiger partial charge in [0.05, 0.1) is 12.1 Å². The zero-order chi connectivity index (χ0) is 27.6. The van der Waals surface area contributed by atoms with Crippen molar-refractivity contribution in [2.75, 3.05) is 19.6 Å². The smallest absolute Gasteiger partial charge is 0.416 e. The number of carbonyl (C=O) groups excluding carboxylic acids is 3. The summed E-state index contributed by atoms with van der Waals surface area (Å²) in [6.45, 7) is 1.03. The number of alkyl halides is 3. The van der Waals surface area contributed by atoms with E-state index in [1.165, 1.54) is 39.8 Å². The minimum absolute atomic E-state index is 0.00245. The van der Waals surface area contributed by atoms with Crippen LogP contribution in [-0.2, 0) is 33.7 Å². The van der Waals surface area contributed by atoms with Gasteiger partial charge in [0.15, 0.2) is 0 Å². The van der Waals surface area contributed by atoms with Crippen LogP contribution in [0.4, 0.5) is 22.4 Å². The lowest BCUT2D eigenvalue weighted by atomic mass is 10.0. The maximum absolute atomic E-state index is 14.3. The lowest BCUT2D eigenvalue weighted by molar-refractivity contribution is -0.168. The minimum atomic E-state index is -4.55. The summed E-state index contributed by atoms with van der Waals surface area (Å²) in [4.78, 5) is 43.3. The van der Waals surface area contributed by atoms with E-state index in [4.69, 9.17) is 10.5 Å². The number of rotatable bonds is 6. The lowest BCUT2D eigenvalue weighted by Gasteiger charge is -2.51. The molecule has 2 atom stereocenters. The quantitative estimate of drug-likeness (QED) is 0.571. The molecule has 2 fully saturated rings. The molecule has 0 spiro atoms. The fraction of sp³-hybridized carbons (Fsp3) is 0.423. The molecule has 8 nitrogen and oxygen atoms in total. The fourth-order valence-corrected chi connectivity index (χ4v) is 4.94. The molecule has 12 heteroatoms. The molecule has 0 saturated carbocycles. The van der Waals surface area contributed by atoms with Crippen LogP contribution in [0, 0.1) is 12.7 Å². The molecule has 2 aromatic carbocycles. The lowest BCUT2D eigenvalue weighted by Crippen LogP contribution is -2.71. The van der Waals surface area contributed by atoms with Crippen LogP contribution in [0.25, 0.3) is 0 Å². The molecule has 0 radical (unpaired) electrons. The standard InChI is InChI=1S/C26H28F4N4O4/c1-16-10-17(12-19(11-16)26(28,29)30)15-38-25(37)33-9-7-23(35)34-21(6-8-31)24(36)32(14-22(33)34)13-18-4-2-3-5-20(18)27/h2-5,10-12,21-22H,6-9,13-15,31H2,1H3/t21-,22+/m0/s1. The van der Waals surface area contributed by atoms with Crippen LogP contribution in [0.2, 0.25) is 0 Å². The van der Waals surface area contributed by atoms with Crippen molar-refractivity contribution in [1.82, 2.24) is 14.7 Å². The summed E-state index contributed by atoms with van der Waals surface area (Å²) in [5, 5.41) is 0. The first-order chi connectivity index (χ1) is 18.0. The van der Waals surface area contributed by atoms with E-state index < -0.39 is 48.4 Å². The van der Waals surface area contributed by atoms with Gasteiger partial charge >= 0.3 is 12.3 Å². The van der Waals surface area contributed by atoms with E-state index in [9.17, 15) is 31.9 Å². The number of benzene rings is 2. The Morgan fingerprint density at radius 2 is 1.89 bits per heavy atom. The van der Waals surface area contributed by atoms with Crippen LogP contribution < -0.4 is 5.73 Å². The predicted molar refractivity (Wildman–Crippen MR) is 128 cm³/mol. The largest absolute Gasteiger partial charge is 0.444 e. The van der Waals surface area contributed by atoms with Gasteiger partial charge in [0.1, 0.15) is 24.6 Å². The van der Waals surface area contributed by atoms with Gasteiger partial charge in [-0.25, -0.2) is 9.18 Å². The summed E-state index contributed by atoms with van der Waals surface area (Å²) < 4.78 is 59.3. The van der Waals surface area contributed by atoms with Gasteiger partial charge in [0.25, 0.3) is 0 Å². The zero-order valence-electron chi connectivity index (χ0n) is 20.7. The third kappa shape index (κ3) is 5.74. The van der Waals surface area contributed by atoms with Crippen molar-refractivity contribution in [3.63, 3.8) is 0 Å². The summed E-state index contributed by atoms with van der Waals surface area (Å²) in [6, 6.07) is 8.44. The first-order valence-electron chi connectivity index (χ1n) is 12.1. The topological polar surface area (TPSA) is 96.2 Å². The van der Waals surface area contributed by atoms with E-state index in [1.807, 2.05) is 0 Å². The van der Waals surface area contributed by atoms with E-state index >= 15 is 0 Å². The van der Waals surface area contributed by atoms with Crippen molar-refractivity contribution < 1.29 is 36.7 Å². The Bertz CT molecular complexity index is 1220. The Balaban J connectivity index is 1.56. The second-order valence-electron chi connectivity index (χ2n) is 9.39. The molecule has 2 heterocycles. The SMILES string of the molecule is Cc1cc(COC(=O)N2CCC(=O)N3[C@@H]2CN(Cc2ccccc2F)C(=O)[C@@H]3CCN)cc(C(F)(F)F)c1. The van der Waals surface area contributed by atoms with Gasteiger partial charge in [0.2, 0.25) is 11.8 Å². The first-order valence-corrected chi connectivity index (χ1v) is 12.1. The highest BCUT2D eigenvalue weighted by Gasteiger charge is 2.48. The van der Waals surface area contributed by atoms with Crippen LogP contribution in [0.15, 0.2) is 42.5 Å². The fourth-order valence-electron chi connectivity index (χ4n) is 4.94. The molecule has 0 bridgehead atoms. The molecule has 204 valence electrons. The number of piperazine rings is 1. The third-order valence-corrected chi connectivity index (χ3v) is 6.67. The number of aryl methyl sites for hydroxylation is 1. The van der Waals surface area contributed by atoms with Gasteiger partial charge in [-0.3, -0.25) is 14.5 Å².